The highest BCUT2D eigenvalue weighted by Crippen LogP contribution is 2.41. The predicted octanol–water partition coefficient (Wildman–Crippen LogP) is 8.75. The van der Waals surface area contributed by atoms with Crippen molar-refractivity contribution < 1.29 is 17.2 Å². The smallest absolute Gasteiger partial charge is 0.207 e. The summed E-state index contributed by atoms with van der Waals surface area (Å²) in [6, 6.07) is 15.4. The molecule has 4 aromatic rings. The van der Waals surface area contributed by atoms with Crippen molar-refractivity contribution in [3.63, 3.8) is 0 Å². The number of rotatable bonds is 4. The van der Waals surface area contributed by atoms with Gasteiger partial charge in [-0.1, -0.05) is 58.5 Å². The lowest BCUT2D eigenvalue weighted by atomic mass is 10.1. The molecule has 0 unspecified atom stereocenters. The molecule has 33 heavy (non-hydrogen) atoms. The van der Waals surface area contributed by atoms with E-state index in [0.29, 0.717) is 10.0 Å². The molecule has 0 saturated heterocycles. The SMILES string of the molecule is O=S(=O)(c1ccc(F)cc1-c1ccc(Cl)cc1Cl)c1ccc(F)cc1-c1ccc(Cl)cc1Cl. The van der Waals surface area contributed by atoms with Gasteiger partial charge < -0.3 is 0 Å². The summed E-state index contributed by atoms with van der Waals surface area (Å²) in [4.78, 5) is -0.433. The highest BCUT2D eigenvalue weighted by atomic mass is 35.5. The van der Waals surface area contributed by atoms with Gasteiger partial charge in [-0.25, -0.2) is 17.2 Å². The lowest BCUT2D eigenvalue weighted by Gasteiger charge is -2.16. The molecule has 0 saturated carbocycles. The molecular weight excluding hydrogens is 532 g/mol. The van der Waals surface area contributed by atoms with E-state index in [1.165, 1.54) is 36.4 Å². The molecule has 0 heterocycles. The van der Waals surface area contributed by atoms with Crippen molar-refractivity contribution in [2.45, 2.75) is 9.79 Å². The van der Waals surface area contributed by atoms with Crippen LogP contribution in [0.4, 0.5) is 8.78 Å². The van der Waals surface area contributed by atoms with E-state index in [1.54, 1.807) is 0 Å². The molecule has 4 aromatic carbocycles. The van der Waals surface area contributed by atoms with Gasteiger partial charge in [-0.05, 0) is 60.7 Å². The number of hydrogen-bond acceptors (Lipinski definition) is 2. The first-order valence-electron chi connectivity index (χ1n) is 9.33. The van der Waals surface area contributed by atoms with Crippen molar-refractivity contribution >= 4 is 56.2 Å². The molecule has 0 spiro atoms. The van der Waals surface area contributed by atoms with E-state index in [2.05, 4.69) is 0 Å². The fourth-order valence-electron chi connectivity index (χ4n) is 3.43. The van der Waals surface area contributed by atoms with Gasteiger partial charge >= 0.3 is 0 Å². The molecule has 0 radical (unpaired) electrons. The van der Waals surface area contributed by atoms with Crippen LogP contribution in [0.25, 0.3) is 22.3 Å². The van der Waals surface area contributed by atoms with Gasteiger partial charge in [-0.3, -0.25) is 0 Å². The molecule has 0 aliphatic rings. The molecule has 0 fully saturated rings. The molecule has 0 atom stereocenters. The maximum atomic E-state index is 14.2. The highest BCUT2D eigenvalue weighted by molar-refractivity contribution is 7.91. The third-order valence-electron chi connectivity index (χ3n) is 4.90. The summed E-state index contributed by atoms with van der Waals surface area (Å²) in [7, 11) is -4.30. The molecule has 0 N–H and O–H groups in total. The quantitative estimate of drug-likeness (QED) is 0.241. The van der Waals surface area contributed by atoms with Crippen LogP contribution in [0.2, 0.25) is 20.1 Å². The topological polar surface area (TPSA) is 34.1 Å². The van der Waals surface area contributed by atoms with Crippen LogP contribution in [-0.2, 0) is 9.84 Å². The van der Waals surface area contributed by atoms with Gasteiger partial charge in [0.05, 0.1) is 9.79 Å². The predicted molar refractivity (Wildman–Crippen MR) is 129 cm³/mol. The van der Waals surface area contributed by atoms with Gasteiger partial charge in [0.25, 0.3) is 0 Å². The van der Waals surface area contributed by atoms with Gasteiger partial charge in [0, 0.05) is 42.3 Å². The molecule has 0 aliphatic heterocycles. The summed E-state index contributed by atoms with van der Waals surface area (Å²) in [5, 5.41) is 0.958. The minimum Gasteiger partial charge on any atom is -0.218 e. The Hall–Kier alpha value is -2.15. The molecule has 168 valence electrons. The van der Waals surface area contributed by atoms with E-state index in [0.717, 1.165) is 36.4 Å². The fraction of sp³-hybridized carbons (Fsp3) is 0. The van der Waals surface area contributed by atoms with E-state index in [1.807, 2.05) is 0 Å². The van der Waals surface area contributed by atoms with Crippen molar-refractivity contribution in [1.82, 2.24) is 0 Å². The van der Waals surface area contributed by atoms with E-state index in [9.17, 15) is 17.2 Å². The molecule has 0 bridgehead atoms. The van der Waals surface area contributed by atoms with Gasteiger partial charge in [-0.2, -0.15) is 0 Å². The molecule has 0 aromatic heterocycles. The first-order valence-corrected chi connectivity index (χ1v) is 12.3. The lowest BCUT2D eigenvalue weighted by molar-refractivity contribution is 0.594. The Balaban J connectivity index is 2.00. The Kier molecular flexibility index (Phi) is 6.72. The van der Waals surface area contributed by atoms with Crippen molar-refractivity contribution in [3.8, 4) is 22.3 Å². The second-order valence-corrected chi connectivity index (χ2v) is 10.6. The van der Waals surface area contributed by atoms with Crippen LogP contribution in [0.1, 0.15) is 0 Å². The third-order valence-corrected chi connectivity index (χ3v) is 7.87. The minimum absolute atomic E-state index is 0.0362. The lowest BCUT2D eigenvalue weighted by Crippen LogP contribution is -2.07. The standard InChI is InChI=1S/C24H12Cl4F2O2S/c25-13-1-5-17(21(27)9-13)19-11-15(29)3-7-23(19)33(31,32)24-8-4-16(30)12-20(24)18-6-2-14(26)10-22(18)28/h1-12H. The van der Waals surface area contributed by atoms with E-state index < -0.39 is 21.5 Å². The third kappa shape index (κ3) is 4.75. The van der Waals surface area contributed by atoms with Crippen LogP contribution in [0, 0.1) is 11.6 Å². The Morgan fingerprint density at radius 1 is 0.515 bits per heavy atom. The molecular formula is C24H12Cl4F2O2S. The van der Waals surface area contributed by atoms with Crippen molar-refractivity contribution in [3.05, 3.63) is 105 Å². The summed E-state index contributed by atoms with van der Waals surface area (Å²) in [6.45, 7) is 0. The second-order valence-electron chi connectivity index (χ2n) is 7.03. The van der Waals surface area contributed by atoms with Crippen LogP contribution < -0.4 is 0 Å². The summed E-state index contributed by atoms with van der Waals surface area (Å²) < 4.78 is 56.0. The normalized spacial score (nSPS) is 11.6. The van der Waals surface area contributed by atoms with Gasteiger partial charge in [0.2, 0.25) is 9.84 Å². The first kappa shape index (κ1) is 24.0. The van der Waals surface area contributed by atoms with Gasteiger partial charge in [0.1, 0.15) is 11.6 Å². The molecule has 0 aliphatic carbocycles. The highest BCUT2D eigenvalue weighted by Gasteiger charge is 2.27. The number of sulfone groups is 1. The number of hydrogen-bond donors (Lipinski definition) is 0. The average Bonchev–Trinajstić information content (AvgIpc) is 2.73. The molecule has 4 rings (SSSR count). The van der Waals surface area contributed by atoms with Gasteiger partial charge in [0.15, 0.2) is 0 Å². The Morgan fingerprint density at radius 2 is 0.909 bits per heavy atom. The zero-order valence-electron chi connectivity index (χ0n) is 16.4. The van der Waals surface area contributed by atoms with E-state index >= 15 is 0 Å². The average molecular weight is 544 g/mol. The van der Waals surface area contributed by atoms with E-state index in [4.69, 9.17) is 46.4 Å². The fourth-order valence-corrected chi connectivity index (χ4v) is 6.10. The van der Waals surface area contributed by atoms with Crippen molar-refractivity contribution in [2.24, 2.45) is 0 Å². The van der Waals surface area contributed by atoms with Crippen LogP contribution >= 0.6 is 46.4 Å². The first-order chi connectivity index (χ1) is 15.6. The van der Waals surface area contributed by atoms with E-state index in [-0.39, 0.29) is 42.1 Å². The van der Waals surface area contributed by atoms with Gasteiger partial charge in [-0.15, -0.1) is 0 Å². The summed E-state index contributed by atoms with van der Waals surface area (Å²) in [6.07, 6.45) is 0. The molecule has 9 heteroatoms. The Labute approximate surface area is 209 Å². The van der Waals surface area contributed by atoms with Crippen molar-refractivity contribution in [2.75, 3.05) is 0 Å². The van der Waals surface area contributed by atoms with Crippen LogP contribution in [0.15, 0.2) is 82.6 Å². The number of benzene rings is 4. The Morgan fingerprint density at radius 3 is 1.27 bits per heavy atom. The monoisotopic (exact) mass is 542 g/mol. The van der Waals surface area contributed by atoms with Crippen LogP contribution in [0.5, 0.6) is 0 Å². The Bertz CT molecular complexity index is 1400. The van der Waals surface area contributed by atoms with Crippen molar-refractivity contribution in [1.29, 1.82) is 0 Å². The largest absolute Gasteiger partial charge is 0.218 e. The molecule has 0 amide bonds. The maximum Gasteiger partial charge on any atom is 0.207 e. The zero-order valence-corrected chi connectivity index (χ0v) is 20.3. The van der Waals surface area contributed by atoms with Crippen LogP contribution in [0.3, 0.4) is 0 Å². The summed E-state index contributed by atoms with van der Waals surface area (Å²) >= 11 is 24.5. The maximum absolute atomic E-state index is 14.2. The minimum atomic E-state index is -4.30. The number of halogens is 6. The summed E-state index contributed by atoms with van der Waals surface area (Å²) in [5.74, 6) is -1.31. The second kappa shape index (κ2) is 9.24. The van der Waals surface area contributed by atoms with Crippen LogP contribution in [-0.4, -0.2) is 8.42 Å². The summed E-state index contributed by atoms with van der Waals surface area (Å²) in [5.41, 5.74) is 0.614. The molecule has 2 nitrogen and oxygen atoms in total. The zero-order chi connectivity index (χ0) is 23.9.